The average molecular weight is 349 g/mol. The Labute approximate surface area is 144 Å². The highest BCUT2D eigenvalue weighted by Gasteiger charge is 2.07. The van der Waals surface area contributed by atoms with E-state index in [1.165, 1.54) is 18.6 Å². The molecule has 0 atom stereocenters. The van der Waals surface area contributed by atoms with Gasteiger partial charge in [0.1, 0.15) is 11.4 Å². The molecule has 2 rings (SSSR count). The van der Waals surface area contributed by atoms with Crippen LogP contribution in [-0.2, 0) is 4.79 Å². The molecule has 2 N–H and O–H groups in total. The van der Waals surface area contributed by atoms with Crippen molar-refractivity contribution in [2.75, 3.05) is 19.7 Å². The lowest BCUT2D eigenvalue weighted by Gasteiger charge is -2.09. The first-order valence-corrected chi connectivity index (χ1v) is 7.64. The largest absolute Gasteiger partial charge is 0.484 e. The Kier molecular flexibility index (Phi) is 6.51. The number of nitrogens with one attached hydrogen (secondary N) is 2. The van der Waals surface area contributed by atoms with Gasteiger partial charge in [-0.25, -0.2) is 4.98 Å². The molecule has 2 aromatic rings. The molecule has 2 amide bonds. The number of aromatic nitrogens is 2. The molecule has 126 valence electrons. The minimum atomic E-state index is -0.342. The Balaban J connectivity index is 1.64. The van der Waals surface area contributed by atoms with Crippen molar-refractivity contribution in [3.05, 3.63) is 53.1 Å². The number of hydrogen-bond donors (Lipinski definition) is 2. The van der Waals surface area contributed by atoms with E-state index >= 15 is 0 Å². The quantitative estimate of drug-likeness (QED) is 0.737. The van der Waals surface area contributed by atoms with Crippen molar-refractivity contribution >= 4 is 23.4 Å². The second-order valence-corrected chi connectivity index (χ2v) is 5.30. The molecule has 0 fully saturated rings. The van der Waals surface area contributed by atoms with Gasteiger partial charge in [-0.1, -0.05) is 11.6 Å². The molecule has 0 aliphatic carbocycles. The number of nitrogens with zero attached hydrogens (tertiary/aromatic N) is 2. The van der Waals surface area contributed by atoms with Gasteiger partial charge in [0, 0.05) is 30.5 Å². The molecular formula is C16H17ClN4O3. The third kappa shape index (κ3) is 5.51. The monoisotopic (exact) mass is 348 g/mol. The summed E-state index contributed by atoms with van der Waals surface area (Å²) in [7, 11) is 0. The van der Waals surface area contributed by atoms with Crippen LogP contribution < -0.4 is 15.4 Å². The van der Waals surface area contributed by atoms with Crippen LogP contribution in [0.15, 0.2) is 36.8 Å². The molecule has 0 aliphatic heterocycles. The number of benzene rings is 1. The predicted octanol–water partition coefficient (Wildman–Crippen LogP) is 1.36. The molecular weight excluding hydrogens is 332 g/mol. The number of amides is 2. The Morgan fingerprint density at radius 3 is 2.71 bits per heavy atom. The summed E-state index contributed by atoms with van der Waals surface area (Å²) >= 11 is 5.92. The Morgan fingerprint density at radius 2 is 2.00 bits per heavy atom. The average Bonchev–Trinajstić information content (AvgIpc) is 2.60. The van der Waals surface area contributed by atoms with E-state index in [1.54, 1.807) is 18.2 Å². The Bertz CT molecular complexity index is 710. The number of carbonyl (C=O) groups excluding carboxylic acids is 2. The van der Waals surface area contributed by atoms with Gasteiger partial charge in [0.15, 0.2) is 6.61 Å². The number of rotatable bonds is 7. The standard InChI is InChI=1S/C16H17ClN4O3/c1-11-8-12(2-3-13(11)17)24-10-15(22)20-6-7-21-16(23)14-9-18-4-5-19-14/h2-5,8-9H,6-7,10H2,1H3,(H,20,22)(H,21,23). The fraction of sp³-hybridized carbons (Fsp3) is 0.250. The third-order valence-electron chi connectivity index (χ3n) is 3.03. The zero-order valence-corrected chi connectivity index (χ0v) is 13.8. The van der Waals surface area contributed by atoms with Gasteiger partial charge in [0.2, 0.25) is 0 Å². The van der Waals surface area contributed by atoms with E-state index < -0.39 is 0 Å². The van der Waals surface area contributed by atoms with E-state index in [0.717, 1.165) is 5.56 Å². The van der Waals surface area contributed by atoms with Crippen molar-refractivity contribution in [3.8, 4) is 5.75 Å². The van der Waals surface area contributed by atoms with Crippen molar-refractivity contribution in [2.45, 2.75) is 6.92 Å². The minimum Gasteiger partial charge on any atom is -0.484 e. The van der Waals surface area contributed by atoms with E-state index in [2.05, 4.69) is 20.6 Å². The molecule has 1 aromatic carbocycles. The van der Waals surface area contributed by atoms with Crippen LogP contribution in [0, 0.1) is 6.92 Å². The van der Waals surface area contributed by atoms with Gasteiger partial charge in [-0.2, -0.15) is 0 Å². The maximum absolute atomic E-state index is 11.7. The summed E-state index contributed by atoms with van der Waals surface area (Å²) in [6, 6.07) is 5.17. The molecule has 1 aromatic heterocycles. The maximum atomic E-state index is 11.7. The summed E-state index contributed by atoms with van der Waals surface area (Å²) in [6.07, 6.45) is 4.29. The molecule has 24 heavy (non-hydrogen) atoms. The van der Waals surface area contributed by atoms with Crippen LogP contribution >= 0.6 is 11.6 Å². The number of aryl methyl sites for hydroxylation is 1. The van der Waals surface area contributed by atoms with Crippen molar-refractivity contribution in [1.29, 1.82) is 0 Å². The van der Waals surface area contributed by atoms with Crippen LogP contribution in [0.2, 0.25) is 5.02 Å². The van der Waals surface area contributed by atoms with Crippen LogP contribution in [0.3, 0.4) is 0 Å². The van der Waals surface area contributed by atoms with Crippen molar-refractivity contribution in [3.63, 3.8) is 0 Å². The fourth-order valence-corrected chi connectivity index (χ4v) is 1.91. The van der Waals surface area contributed by atoms with Gasteiger partial charge in [0.05, 0.1) is 6.20 Å². The van der Waals surface area contributed by atoms with E-state index in [4.69, 9.17) is 16.3 Å². The highest BCUT2D eigenvalue weighted by molar-refractivity contribution is 6.31. The number of carbonyl (C=O) groups is 2. The number of halogens is 1. The normalized spacial score (nSPS) is 10.1. The van der Waals surface area contributed by atoms with E-state index in [9.17, 15) is 9.59 Å². The van der Waals surface area contributed by atoms with Crippen LogP contribution in [0.4, 0.5) is 0 Å². The van der Waals surface area contributed by atoms with E-state index in [-0.39, 0.29) is 37.2 Å². The van der Waals surface area contributed by atoms with Gasteiger partial charge in [-0.15, -0.1) is 0 Å². The minimum absolute atomic E-state index is 0.112. The zero-order valence-electron chi connectivity index (χ0n) is 13.1. The summed E-state index contributed by atoms with van der Waals surface area (Å²) in [5.41, 5.74) is 1.10. The first kappa shape index (κ1) is 17.7. The van der Waals surface area contributed by atoms with Gasteiger partial charge < -0.3 is 15.4 Å². The summed E-state index contributed by atoms with van der Waals surface area (Å²) in [5, 5.41) is 5.92. The number of ether oxygens (including phenoxy) is 1. The highest BCUT2D eigenvalue weighted by atomic mass is 35.5. The van der Waals surface area contributed by atoms with Crippen molar-refractivity contribution in [1.82, 2.24) is 20.6 Å². The molecule has 0 saturated heterocycles. The molecule has 0 radical (unpaired) electrons. The SMILES string of the molecule is Cc1cc(OCC(=O)NCCNC(=O)c2cnccn2)ccc1Cl. The third-order valence-corrected chi connectivity index (χ3v) is 3.45. The molecule has 0 bridgehead atoms. The lowest BCUT2D eigenvalue weighted by atomic mass is 10.2. The first-order chi connectivity index (χ1) is 11.6. The first-order valence-electron chi connectivity index (χ1n) is 7.26. The number of hydrogen-bond acceptors (Lipinski definition) is 5. The molecule has 0 aliphatic rings. The summed E-state index contributed by atoms with van der Waals surface area (Å²) < 4.78 is 5.37. The Hall–Kier alpha value is -2.67. The van der Waals surface area contributed by atoms with Crippen LogP contribution in [0.25, 0.3) is 0 Å². The summed E-state index contributed by atoms with van der Waals surface area (Å²) in [6.45, 7) is 2.31. The summed E-state index contributed by atoms with van der Waals surface area (Å²) in [5.74, 6) is -0.0513. The van der Waals surface area contributed by atoms with E-state index in [1.807, 2.05) is 6.92 Å². The van der Waals surface area contributed by atoms with Crippen LogP contribution in [0.1, 0.15) is 16.1 Å². The lowest BCUT2D eigenvalue weighted by molar-refractivity contribution is -0.123. The highest BCUT2D eigenvalue weighted by Crippen LogP contribution is 2.20. The second kappa shape index (κ2) is 8.83. The van der Waals surface area contributed by atoms with Gasteiger partial charge in [-0.05, 0) is 30.7 Å². The molecule has 7 nitrogen and oxygen atoms in total. The Morgan fingerprint density at radius 1 is 1.21 bits per heavy atom. The predicted molar refractivity (Wildman–Crippen MR) is 89.1 cm³/mol. The molecule has 0 unspecified atom stereocenters. The summed E-state index contributed by atoms with van der Waals surface area (Å²) in [4.78, 5) is 31.1. The molecule has 0 saturated carbocycles. The van der Waals surface area contributed by atoms with Crippen molar-refractivity contribution < 1.29 is 14.3 Å². The topological polar surface area (TPSA) is 93.2 Å². The second-order valence-electron chi connectivity index (χ2n) is 4.90. The lowest BCUT2D eigenvalue weighted by Crippen LogP contribution is -2.37. The van der Waals surface area contributed by atoms with Crippen LogP contribution in [-0.4, -0.2) is 41.5 Å². The van der Waals surface area contributed by atoms with Crippen LogP contribution in [0.5, 0.6) is 5.75 Å². The zero-order chi connectivity index (χ0) is 17.4. The van der Waals surface area contributed by atoms with E-state index in [0.29, 0.717) is 10.8 Å². The smallest absolute Gasteiger partial charge is 0.271 e. The van der Waals surface area contributed by atoms with Gasteiger partial charge >= 0.3 is 0 Å². The fourth-order valence-electron chi connectivity index (χ4n) is 1.79. The van der Waals surface area contributed by atoms with Gasteiger partial charge in [-0.3, -0.25) is 14.6 Å². The molecule has 0 spiro atoms. The maximum Gasteiger partial charge on any atom is 0.271 e. The van der Waals surface area contributed by atoms with Gasteiger partial charge in [0.25, 0.3) is 11.8 Å². The molecule has 1 heterocycles. The molecule has 8 heteroatoms. The van der Waals surface area contributed by atoms with Crippen molar-refractivity contribution in [2.24, 2.45) is 0 Å².